The van der Waals surface area contributed by atoms with Gasteiger partial charge in [0.05, 0.1) is 22.6 Å². The van der Waals surface area contributed by atoms with E-state index in [0.717, 1.165) is 49.7 Å². The van der Waals surface area contributed by atoms with Gasteiger partial charge in [0.1, 0.15) is 11.2 Å². The molecule has 54 heavy (non-hydrogen) atoms. The lowest BCUT2D eigenvalue weighted by atomic mass is 10.0. The van der Waals surface area contributed by atoms with Crippen molar-refractivity contribution in [3.63, 3.8) is 0 Å². The summed E-state index contributed by atoms with van der Waals surface area (Å²) in [6, 6.07) is 12.3. The number of carbonyl (C=O) groups excluding carboxylic acids is 4. The van der Waals surface area contributed by atoms with Gasteiger partial charge in [-0.3, -0.25) is 19.2 Å². The monoisotopic (exact) mass is 858 g/mol. The number of carbonyl (C=O) groups is 4. The van der Waals surface area contributed by atoms with Gasteiger partial charge in [-0.15, -0.1) is 22.7 Å². The number of aryl methyl sites for hydroxylation is 3. The van der Waals surface area contributed by atoms with Crippen LogP contribution in [0.3, 0.4) is 0 Å². The topological polar surface area (TPSA) is 96.0 Å². The highest BCUT2D eigenvalue weighted by atomic mass is 79.9. The molecule has 0 aliphatic rings. The molecule has 2 aromatic carbocycles. The molecule has 0 bridgehead atoms. The summed E-state index contributed by atoms with van der Waals surface area (Å²) in [5.41, 5.74) is 2.66. The number of benzene rings is 2. The van der Waals surface area contributed by atoms with Crippen molar-refractivity contribution in [2.75, 3.05) is 6.61 Å². The van der Waals surface area contributed by atoms with E-state index in [0.29, 0.717) is 9.75 Å². The molecule has 296 valence electrons. The number of hydrogen-bond donors (Lipinski definition) is 0. The molecule has 4 rings (SSSR count). The minimum atomic E-state index is -1.71. The molecular weight excluding hydrogens is 801 g/mol. The Morgan fingerprint density at radius 1 is 0.648 bits per heavy atom. The molecule has 4 aromatic rings. The van der Waals surface area contributed by atoms with E-state index in [1.807, 2.05) is 66.7 Å². The van der Waals surface area contributed by atoms with Gasteiger partial charge in [-0.25, -0.2) is 0 Å². The number of thiophene rings is 2. The molecule has 7 nitrogen and oxygen atoms in total. The zero-order valence-electron chi connectivity index (χ0n) is 34.5. The van der Waals surface area contributed by atoms with Crippen molar-refractivity contribution >= 4 is 90.6 Å². The van der Waals surface area contributed by atoms with E-state index < -0.39 is 19.5 Å². The summed E-state index contributed by atoms with van der Waals surface area (Å²) in [5.74, 6) is -0.676. The minimum Gasteiger partial charge on any atom is -0.460 e. The molecule has 0 saturated heterocycles. The molecule has 0 aliphatic heterocycles. The van der Waals surface area contributed by atoms with Gasteiger partial charge in [0, 0.05) is 33.3 Å². The minimum absolute atomic E-state index is 0.000896. The lowest BCUT2D eigenvalue weighted by Crippen LogP contribution is -2.41. The van der Waals surface area contributed by atoms with Crippen molar-refractivity contribution in [2.24, 2.45) is 0 Å². The molecule has 2 heterocycles. The number of rotatable bonds is 13. The van der Waals surface area contributed by atoms with Crippen molar-refractivity contribution < 1.29 is 33.1 Å². The van der Waals surface area contributed by atoms with Crippen LogP contribution in [0.25, 0.3) is 20.2 Å². The van der Waals surface area contributed by atoms with Crippen LogP contribution >= 0.6 is 38.6 Å². The highest BCUT2D eigenvalue weighted by Gasteiger charge is 2.36. The fraction of sp³-hybridized carbons (Fsp3) is 0.535. The Hall–Kier alpha value is -2.70. The van der Waals surface area contributed by atoms with Gasteiger partial charge < -0.3 is 13.9 Å². The number of halogens is 1. The molecule has 0 aliphatic carbocycles. The average molecular weight is 860 g/mol. The second kappa shape index (κ2) is 18.5. The van der Waals surface area contributed by atoms with Crippen LogP contribution in [0, 0.1) is 13.8 Å². The van der Waals surface area contributed by atoms with Crippen LogP contribution in [0.5, 0.6) is 0 Å². The lowest BCUT2D eigenvalue weighted by Gasteiger charge is -2.36. The Kier molecular flexibility index (Phi) is 15.6. The van der Waals surface area contributed by atoms with Gasteiger partial charge in [-0.05, 0) is 144 Å². The standard InChI is InChI=1S/C26H40O4SSi.C17H19BrO3S/c1-18-15-20-17-23(21(27)12-13-24(28)30-25(2,3)4)31-22(20)16-19(18)11-10-14-29-32(8,9)26(5,6)7;1-10-7-11-8-15(22-14(11)9-12(10)18)13(19)5-6-16(20)21-17(2,3)4/h15-17H,10-14H2,1-9H3;7-9H,5-6H2,1-4H3. The van der Waals surface area contributed by atoms with E-state index in [9.17, 15) is 19.2 Å². The first kappa shape index (κ1) is 45.7. The highest BCUT2D eigenvalue weighted by Crippen LogP contribution is 2.37. The summed E-state index contributed by atoms with van der Waals surface area (Å²) in [5, 5.41) is 2.38. The lowest BCUT2D eigenvalue weighted by molar-refractivity contribution is -0.155. The number of fused-ring (bicyclic) bond motifs is 2. The average Bonchev–Trinajstić information content (AvgIpc) is 3.62. The van der Waals surface area contributed by atoms with E-state index in [-0.39, 0.29) is 54.2 Å². The number of hydrogen-bond acceptors (Lipinski definition) is 9. The quantitative estimate of drug-likeness (QED) is 0.0572. The van der Waals surface area contributed by atoms with Gasteiger partial charge in [0.2, 0.25) is 0 Å². The van der Waals surface area contributed by atoms with Gasteiger partial charge in [-0.2, -0.15) is 0 Å². The van der Waals surface area contributed by atoms with Crippen LogP contribution in [0.15, 0.2) is 40.9 Å². The molecular formula is C43H59BrO7S2Si. The fourth-order valence-corrected chi connectivity index (χ4v) is 8.94. The molecule has 0 N–H and O–H groups in total. The largest absolute Gasteiger partial charge is 0.460 e. The van der Waals surface area contributed by atoms with Gasteiger partial charge in [-0.1, -0.05) is 42.8 Å². The second-order valence-electron chi connectivity index (χ2n) is 17.4. The maximum absolute atomic E-state index is 12.6. The first-order valence-corrected chi connectivity index (χ1v) is 23.9. The molecule has 0 amide bonds. The Labute approximate surface area is 339 Å². The summed E-state index contributed by atoms with van der Waals surface area (Å²) >= 11 is 6.48. The molecule has 0 fully saturated rings. The predicted molar refractivity (Wildman–Crippen MR) is 231 cm³/mol. The number of ether oxygens (including phenoxy) is 2. The number of esters is 2. The maximum atomic E-state index is 12.6. The number of Topliss-reactive ketones (excluding diaryl/α,β-unsaturated/α-hetero) is 2. The second-order valence-corrected chi connectivity index (χ2v) is 25.2. The van der Waals surface area contributed by atoms with Crippen LogP contribution in [-0.2, 0) is 29.9 Å². The van der Waals surface area contributed by atoms with E-state index in [2.05, 4.69) is 74.9 Å². The molecule has 0 atom stereocenters. The number of ketones is 2. The summed E-state index contributed by atoms with van der Waals surface area (Å²) in [6.07, 6.45) is 2.55. The smallest absolute Gasteiger partial charge is 0.306 e. The van der Waals surface area contributed by atoms with Crippen LogP contribution in [0.2, 0.25) is 18.1 Å². The van der Waals surface area contributed by atoms with Crippen molar-refractivity contribution in [2.45, 2.75) is 144 Å². The molecule has 0 radical (unpaired) electrons. The first-order valence-electron chi connectivity index (χ1n) is 18.6. The Balaban J connectivity index is 0.000000311. The molecule has 0 unspecified atom stereocenters. The molecule has 2 aromatic heterocycles. The fourth-order valence-electron chi connectivity index (χ4n) is 5.23. The van der Waals surface area contributed by atoms with Gasteiger partial charge >= 0.3 is 11.9 Å². The van der Waals surface area contributed by atoms with E-state index in [1.54, 1.807) is 0 Å². The summed E-state index contributed by atoms with van der Waals surface area (Å²) in [4.78, 5) is 49.9. The zero-order chi connectivity index (χ0) is 40.8. The van der Waals surface area contributed by atoms with Crippen LogP contribution < -0.4 is 0 Å². The van der Waals surface area contributed by atoms with Crippen LogP contribution in [0.1, 0.15) is 130 Å². The summed E-state index contributed by atoms with van der Waals surface area (Å²) < 4.78 is 20.1. The maximum Gasteiger partial charge on any atom is 0.306 e. The van der Waals surface area contributed by atoms with Gasteiger partial charge in [0.25, 0.3) is 0 Å². The van der Waals surface area contributed by atoms with Crippen molar-refractivity contribution in [3.05, 3.63) is 67.3 Å². The first-order chi connectivity index (χ1) is 24.7. The Morgan fingerprint density at radius 2 is 1.09 bits per heavy atom. The van der Waals surface area contributed by atoms with E-state index in [1.165, 1.54) is 33.8 Å². The van der Waals surface area contributed by atoms with E-state index >= 15 is 0 Å². The van der Waals surface area contributed by atoms with Crippen molar-refractivity contribution in [3.8, 4) is 0 Å². The van der Waals surface area contributed by atoms with Crippen LogP contribution in [-0.4, -0.2) is 49.6 Å². The Bertz CT molecular complexity index is 1930. The normalized spacial score (nSPS) is 12.4. The van der Waals surface area contributed by atoms with Crippen molar-refractivity contribution in [1.29, 1.82) is 0 Å². The third kappa shape index (κ3) is 14.1. The molecule has 0 spiro atoms. The van der Waals surface area contributed by atoms with E-state index in [4.69, 9.17) is 13.9 Å². The van der Waals surface area contributed by atoms with Gasteiger partial charge in [0.15, 0.2) is 19.9 Å². The summed E-state index contributed by atoms with van der Waals surface area (Å²) in [7, 11) is -1.71. The van der Waals surface area contributed by atoms with Crippen molar-refractivity contribution in [1.82, 2.24) is 0 Å². The molecule has 11 heteroatoms. The highest BCUT2D eigenvalue weighted by molar-refractivity contribution is 9.10. The predicted octanol–water partition coefficient (Wildman–Crippen LogP) is 12.7. The Morgan fingerprint density at radius 3 is 1.54 bits per heavy atom. The summed E-state index contributed by atoms with van der Waals surface area (Å²) in [6.45, 7) is 27.3. The SMILES string of the molecule is Cc1cc2cc(C(=O)CCC(=O)OC(C)(C)C)sc2cc1Br.Cc1cc2cc(C(=O)CCC(=O)OC(C)(C)C)sc2cc1CCCO[Si](C)(C)C(C)(C)C. The zero-order valence-corrected chi connectivity index (χ0v) is 38.7. The third-order valence-corrected chi connectivity index (χ3v) is 16.8. The molecule has 0 saturated carbocycles. The van der Waals surface area contributed by atoms with Crippen LogP contribution in [0.4, 0.5) is 0 Å². The third-order valence-electron chi connectivity index (χ3n) is 9.13.